The van der Waals surface area contributed by atoms with Crippen molar-refractivity contribution in [1.29, 1.82) is 0 Å². The predicted octanol–water partition coefficient (Wildman–Crippen LogP) is 4.77. The Morgan fingerprint density at radius 3 is 1.09 bits per heavy atom. The van der Waals surface area contributed by atoms with Crippen LogP contribution in [-0.2, 0) is 17.7 Å². The molecule has 0 N–H and O–H groups in total. The van der Waals surface area contributed by atoms with Crippen LogP contribution in [0.4, 0.5) is 0 Å². The van der Waals surface area contributed by atoms with Crippen LogP contribution < -0.4 is 0 Å². The topological polar surface area (TPSA) is 36.9 Å². The molecule has 0 radical (unpaired) electrons. The van der Waals surface area contributed by atoms with Crippen molar-refractivity contribution in [2.24, 2.45) is 0 Å². The van der Waals surface area contributed by atoms with E-state index in [4.69, 9.17) is 17.7 Å². The Labute approximate surface area is 140 Å². The van der Waals surface area contributed by atoms with Gasteiger partial charge in [0.25, 0.3) is 0 Å². The Hall–Kier alpha value is 0.274. The Bertz CT molecular complexity index is 241. The lowest BCUT2D eigenvalue weighted by molar-refractivity contribution is 0.146. The quantitative estimate of drug-likeness (QED) is 0.423. The van der Waals surface area contributed by atoms with Crippen LogP contribution in [-0.4, -0.2) is 43.5 Å². The van der Waals surface area contributed by atoms with Gasteiger partial charge in [-0.2, -0.15) is 0 Å². The van der Waals surface area contributed by atoms with E-state index in [9.17, 15) is 0 Å². The van der Waals surface area contributed by atoms with Crippen molar-refractivity contribution >= 4 is 17.1 Å². The standard InChI is InChI=1S/C16H38O4Si2/c1-8-15-16(21(13-6,17-9-2)18-10-3)22(14-7,19-11-4)20-12-5/h16H,8-15H2,1-7H3. The maximum absolute atomic E-state index is 6.33. The second-order valence-corrected chi connectivity index (χ2v) is 13.2. The summed E-state index contributed by atoms with van der Waals surface area (Å²) in [5.41, 5.74) is 0. The highest BCUT2D eigenvalue weighted by molar-refractivity contribution is 6.88. The van der Waals surface area contributed by atoms with Gasteiger partial charge in [0.15, 0.2) is 0 Å². The normalized spacial score (nSPS) is 13.1. The van der Waals surface area contributed by atoms with Gasteiger partial charge in [-0.15, -0.1) is 0 Å². The van der Waals surface area contributed by atoms with Crippen molar-refractivity contribution in [2.45, 2.75) is 78.6 Å². The second kappa shape index (κ2) is 11.8. The minimum atomic E-state index is -2.34. The fraction of sp³-hybridized carbons (Fsp3) is 1.00. The summed E-state index contributed by atoms with van der Waals surface area (Å²) in [5, 5.41) is 0.319. The van der Waals surface area contributed by atoms with Crippen LogP contribution in [0.3, 0.4) is 0 Å². The summed E-state index contributed by atoms with van der Waals surface area (Å²) in [6.45, 7) is 17.7. The zero-order chi connectivity index (χ0) is 17.1. The van der Waals surface area contributed by atoms with Gasteiger partial charge in [-0.05, 0) is 46.2 Å². The van der Waals surface area contributed by atoms with Crippen LogP contribution in [0.15, 0.2) is 0 Å². The maximum Gasteiger partial charge on any atom is 0.342 e. The molecule has 0 aromatic heterocycles. The van der Waals surface area contributed by atoms with E-state index in [0.717, 1.165) is 24.9 Å². The van der Waals surface area contributed by atoms with Crippen molar-refractivity contribution in [3.05, 3.63) is 0 Å². The van der Waals surface area contributed by atoms with Gasteiger partial charge in [0.1, 0.15) is 0 Å². The first kappa shape index (κ1) is 22.3. The van der Waals surface area contributed by atoms with Gasteiger partial charge in [0.05, 0.1) is 0 Å². The van der Waals surface area contributed by atoms with E-state index in [-0.39, 0.29) is 0 Å². The smallest absolute Gasteiger partial charge is 0.342 e. The maximum atomic E-state index is 6.33. The molecule has 0 unspecified atom stereocenters. The van der Waals surface area contributed by atoms with Gasteiger partial charge in [-0.1, -0.05) is 27.2 Å². The predicted molar refractivity (Wildman–Crippen MR) is 97.6 cm³/mol. The van der Waals surface area contributed by atoms with Gasteiger partial charge >= 0.3 is 17.1 Å². The monoisotopic (exact) mass is 350 g/mol. The van der Waals surface area contributed by atoms with Gasteiger partial charge < -0.3 is 17.7 Å². The molecule has 0 fully saturated rings. The molecule has 0 spiro atoms. The summed E-state index contributed by atoms with van der Waals surface area (Å²) in [6, 6.07) is 1.91. The molecular weight excluding hydrogens is 312 g/mol. The Morgan fingerprint density at radius 2 is 0.909 bits per heavy atom. The molecule has 6 heteroatoms. The molecule has 0 saturated carbocycles. The Morgan fingerprint density at radius 1 is 0.591 bits per heavy atom. The fourth-order valence-corrected chi connectivity index (χ4v) is 14.5. The molecule has 134 valence electrons. The first-order chi connectivity index (χ1) is 10.6. The molecule has 0 aliphatic rings. The van der Waals surface area contributed by atoms with Crippen LogP contribution >= 0.6 is 0 Å². The van der Waals surface area contributed by atoms with E-state index in [1.165, 1.54) is 0 Å². The molecule has 4 nitrogen and oxygen atoms in total. The lowest BCUT2D eigenvalue weighted by Gasteiger charge is -2.45. The molecule has 22 heavy (non-hydrogen) atoms. The number of hydrogen-bond acceptors (Lipinski definition) is 4. The molecule has 0 atom stereocenters. The molecule has 0 aromatic rings. The minimum Gasteiger partial charge on any atom is -0.394 e. The largest absolute Gasteiger partial charge is 0.394 e. The van der Waals surface area contributed by atoms with Crippen LogP contribution in [0.25, 0.3) is 0 Å². The molecule has 0 saturated heterocycles. The summed E-state index contributed by atoms with van der Waals surface area (Å²) in [7, 11) is -4.68. The summed E-state index contributed by atoms with van der Waals surface area (Å²) in [6.07, 6.45) is 2.18. The van der Waals surface area contributed by atoms with Crippen LogP contribution in [0.1, 0.15) is 61.3 Å². The molecule has 0 rings (SSSR count). The van der Waals surface area contributed by atoms with Gasteiger partial charge in [0.2, 0.25) is 0 Å². The van der Waals surface area contributed by atoms with E-state index in [0.29, 0.717) is 31.6 Å². The zero-order valence-electron chi connectivity index (χ0n) is 15.9. The summed E-state index contributed by atoms with van der Waals surface area (Å²) >= 11 is 0. The van der Waals surface area contributed by atoms with E-state index in [1.54, 1.807) is 0 Å². The van der Waals surface area contributed by atoms with Crippen molar-refractivity contribution in [2.75, 3.05) is 26.4 Å². The highest BCUT2D eigenvalue weighted by Gasteiger charge is 2.58. The van der Waals surface area contributed by atoms with Crippen molar-refractivity contribution < 1.29 is 17.7 Å². The third-order valence-electron chi connectivity index (χ3n) is 4.18. The summed E-state index contributed by atoms with van der Waals surface area (Å²) in [5.74, 6) is 0. The third-order valence-corrected chi connectivity index (χ3v) is 14.6. The van der Waals surface area contributed by atoms with Gasteiger partial charge in [-0.3, -0.25) is 0 Å². The zero-order valence-corrected chi connectivity index (χ0v) is 17.9. The van der Waals surface area contributed by atoms with Crippen LogP contribution in [0.2, 0.25) is 17.3 Å². The highest BCUT2D eigenvalue weighted by atomic mass is 28.4. The SMILES string of the molecule is CCCC([Si](CC)(OCC)OCC)[Si](CC)(OCC)OCC. The minimum absolute atomic E-state index is 0.319. The fourth-order valence-electron chi connectivity index (χ4n) is 3.43. The van der Waals surface area contributed by atoms with Crippen LogP contribution in [0, 0.1) is 0 Å². The van der Waals surface area contributed by atoms with Crippen LogP contribution in [0.5, 0.6) is 0 Å². The lowest BCUT2D eigenvalue weighted by Crippen LogP contribution is -2.60. The molecule has 0 aromatic carbocycles. The summed E-state index contributed by atoms with van der Waals surface area (Å²) in [4.78, 5) is 0. The first-order valence-electron chi connectivity index (χ1n) is 9.11. The average molecular weight is 351 g/mol. The van der Waals surface area contributed by atoms with Crippen molar-refractivity contribution in [1.82, 2.24) is 0 Å². The van der Waals surface area contributed by atoms with E-state index < -0.39 is 17.1 Å². The molecule has 0 heterocycles. The molecule has 0 aliphatic carbocycles. The van der Waals surface area contributed by atoms with E-state index >= 15 is 0 Å². The first-order valence-corrected chi connectivity index (χ1v) is 13.3. The molecule has 0 bridgehead atoms. The molecular formula is C16H38O4Si2. The number of rotatable bonds is 14. The average Bonchev–Trinajstić information content (AvgIpc) is 2.52. The van der Waals surface area contributed by atoms with Crippen molar-refractivity contribution in [3.8, 4) is 0 Å². The number of hydrogen-bond donors (Lipinski definition) is 0. The molecule has 0 aliphatic heterocycles. The van der Waals surface area contributed by atoms with Gasteiger partial charge in [-0.25, -0.2) is 0 Å². The Balaban J connectivity index is 5.83. The summed E-state index contributed by atoms with van der Waals surface area (Å²) < 4.78 is 25.3. The lowest BCUT2D eigenvalue weighted by atomic mass is 10.4. The van der Waals surface area contributed by atoms with E-state index in [1.807, 2.05) is 0 Å². The second-order valence-electron chi connectivity index (χ2n) is 5.40. The third kappa shape index (κ3) is 5.42. The van der Waals surface area contributed by atoms with Gasteiger partial charge in [0, 0.05) is 31.6 Å². The van der Waals surface area contributed by atoms with Crippen molar-refractivity contribution in [3.63, 3.8) is 0 Å². The highest BCUT2D eigenvalue weighted by Crippen LogP contribution is 2.42. The molecule has 0 amide bonds. The van der Waals surface area contributed by atoms with E-state index in [2.05, 4.69) is 48.5 Å². The Kier molecular flexibility index (Phi) is 11.9.